The average Bonchev–Trinajstić information content (AvgIpc) is 3.02. The molecule has 1 amide bonds. The summed E-state index contributed by atoms with van der Waals surface area (Å²) in [6.07, 6.45) is 4.30. The number of nitrogens with one attached hydrogen (secondary N) is 1. The Balaban J connectivity index is 2.01. The Labute approximate surface area is 140 Å². The normalized spacial score (nSPS) is 13.1. The van der Waals surface area contributed by atoms with Crippen molar-refractivity contribution in [2.24, 2.45) is 11.3 Å². The van der Waals surface area contributed by atoms with Gasteiger partial charge in [0.25, 0.3) is 5.91 Å². The number of hydrogen-bond donors (Lipinski definition) is 2. The van der Waals surface area contributed by atoms with E-state index < -0.39 is 11.5 Å². The zero-order chi connectivity index (χ0) is 17.0. The number of rotatable bonds is 6. The molecule has 0 radical (unpaired) electrons. The molecule has 0 spiro atoms. The van der Waals surface area contributed by atoms with Crippen molar-refractivity contribution in [1.29, 1.82) is 0 Å². The first kappa shape index (κ1) is 17.5. The number of amides is 1. The van der Waals surface area contributed by atoms with E-state index in [0.29, 0.717) is 22.9 Å². The molecule has 2 heterocycles. The van der Waals surface area contributed by atoms with Crippen LogP contribution >= 0.6 is 11.3 Å². The van der Waals surface area contributed by atoms with Crippen LogP contribution in [0.4, 0.5) is 0 Å². The fourth-order valence-corrected chi connectivity index (χ4v) is 3.07. The Kier molecular flexibility index (Phi) is 5.43. The van der Waals surface area contributed by atoms with Gasteiger partial charge >= 0.3 is 0 Å². The van der Waals surface area contributed by atoms with Crippen LogP contribution in [0.15, 0.2) is 24.0 Å². The highest BCUT2D eigenvalue weighted by atomic mass is 32.1. The minimum atomic E-state index is -0.492. The Bertz CT molecular complexity index is 655. The first-order valence-electron chi connectivity index (χ1n) is 7.49. The zero-order valence-corrected chi connectivity index (χ0v) is 14.6. The van der Waals surface area contributed by atoms with Gasteiger partial charge in [-0.05, 0) is 5.92 Å². The smallest absolute Gasteiger partial charge is 0.270 e. The average molecular weight is 334 g/mol. The summed E-state index contributed by atoms with van der Waals surface area (Å²) in [4.78, 5) is 24.7. The van der Waals surface area contributed by atoms with Crippen LogP contribution in [-0.4, -0.2) is 38.6 Å². The van der Waals surface area contributed by atoms with Crippen molar-refractivity contribution < 1.29 is 9.90 Å². The second kappa shape index (κ2) is 7.14. The third-order valence-electron chi connectivity index (χ3n) is 3.66. The van der Waals surface area contributed by atoms with Gasteiger partial charge in [0.2, 0.25) is 0 Å². The van der Waals surface area contributed by atoms with Gasteiger partial charge in [0.15, 0.2) is 0 Å². The molecule has 6 nitrogen and oxygen atoms in total. The number of nitrogens with zero attached hydrogens (tertiary/aromatic N) is 3. The lowest BCUT2D eigenvalue weighted by Gasteiger charge is -2.33. The second-order valence-electron chi connectivity index (χ2n) is 6.49. The second-order valence-corrected chi connectivity index (χ2v) is 7.35. The summed E-state index contributed by atoms with van der Waals surface area (Å²) < 4.78 is 0. The van der Waals surface area contributed by atoms with E-state index in [-0.39, 0.29) is 11.8 Å². The van der Waals surface area contributed by atoms with Gasteiger partial charge in [0, 0.05) is 29.7 Å². The predicted octanol–water partition coefficient (Wildman–Crippen LogP) is 2.37. The van der Waals surface area contributed by atoms with E-state index in [1.807, 2.05) is 27.7 Å². The van der Waals surface area contributed by atoms with Crippen LogP contribution in [0.25, 0.3) is 10.7 Å². The molecule has 2 rings (SSSR count). The quantitative estimate of drug-likeness (QED) is 0.847. The van der Waals surface area contributed by atoms with Crippen LogP contribution in [0.5, 0.6) is 0 Å². The molecule has 0 bridgehead atoms. The van der Waals surface area contributed by atoms with Crippen LogP contribution in [0, 0.1) is 11.3 Å². The molecule has 1 unspecified atom stereocenters. The van der Waals surface area contributed by atoms with Crippen molar-refractivity contribution in [3.05, 3.63) is 29.7 Å². The maximum absolute atomic E-state index is 12.2. The van der Waals surface area contributed by atoms with E-state index in [9.17, 15) is 9.90 Å². The van der Waals surface area contributed by atoms with Gasteiger partial charge < -0.3 is 10.4 Å². The van der Waals surface area contributed by atoms with Gasteiger partial charge in [-0.3, -0.25) is 14.8 Å². The van der Waals surface area contributed by atoms with Crippen molar-refractivity contribution in [2.45, 2.75) is 33.8 Å². The number of carbonyl (C=O) groups excluding carboxylic acids is 1. The first-order chi connectivity index (χ1) is 10.8. The molecule has 2 aromatic rings. The van der Waals surface area contributed by atoms with Gasteiger partial charge in [-0.25, -0.2) is 4.98 Å². The Morgan fingerprint density at radius 2 is 2.13 bits per heavy atom. The van der Waals surface area contributed by atoms with Crippen molar-refractivity contribution >= 4 is 17.2 Å². The maximum atomic E-state index is 12.2. The van der Waals surface area contributed by atoms with E-state index in [1.165, 1.54) is 11.3 Å². The number of hydrogen-bond acceptors (Lipinski definition) is 6. The minimum absolute atomic E-state index is 0.129. The summed E-state index contributed by atoms with van der Waals surface area (Å²) in [5.41, 5.74) is 0.589. The van der Waals surface area contributed by atoms with Gasteiger partial charge in [-0.1, -0.05) is 27.7 Å². The van der Waals surface area contributed by atoms with Crippen LogP contribution in [0.3, 0.4) is 0 Å². The Morgan fingerprint density at radius 1 is 1.39 bits per heavy atom. The molecule has 1 atom stereocenters. The highest BCUT2D eigenvalue weighted by Gasteiger charge is 2.30. The van der Waals surface area contributed by atoms with E-state index in [2.05, 4.69) is 20.3 Å². The fraction of sp³-hybridized carbons (Fsp3) is 0.500. The monoisotopic (exact) mass is 334 g/mol. The molecule has 2 N–H and O–H groups in total. The van der Waals surface area contributed by atoms with Crippen LogP contribution in [0.1, 0.15) is 38.2 Å². The maximum Gasteiger partial charge on any atom is 0.270 e. The molecule has 0 aliphatic rings. The summed E-state index contributed by atoms with van der Waals surface area (Å²) in [5.74, 6) is -0.121. The largest absolute Gasteiger partial charge is 0.392 e. The summed E-state index contributed by atoms with van der Waals surface area (Å²) in [6.45, 7) is 8.17. The van der Waals surface area contributed by atoms with Gasteiger partial charge in [0.05, 0.1) is 12.3 Å². The number of aromatic nitrogens is 3. The number of aliphatic hydroxyl groups excluding tert-OH is 1. The highest BCUT2D eigenvalue weighted by molar-refractivity contribution is 7.13. The van der Waals surface area contributed by atoms with Crippen molar-refractivity contribution in [3.8, 4) is 10.7 Å². The Morgan fingerprint density at radius 3 is 2.74 bits per heavy atom. The van der Waals surface area contributed by atoms with E-state index >= 15 is 0 Å². The van der Waals surface area contributed by atoms with Gasteiger partial charge in [-0.2, -0.15) is 0 Å². The lowest BCUT2D eigenvalue weighted by Crippen LogP contribution is -2.43. The molecule has 0 aliphatic heterocycles. The molecule has 0 aromatic carbocycles. The van der Waals surface area contributed by atoms with Crippen LogP contribution in [0.2, 0.25) is 0 Å². The Hall–Kier alpha value is -1.86. The molecule has 23 heavy (non-hydrogen) atoms. The SMILES string of the molecule is CC(C)C(O)C(C)(C)CNC(=O)c1csc(-c2cnccn2)n1. The van der Waals surface area contributed by atoms with Gasteiger partial charge in [-0.15, -0.1) is 11.3 Å². The van der Waals surface area contributed by atoms with E-state index in [1.54, 1.807) is 24.0 Å². The molecular weight excluding hydrogens is 312 g/mol. The molecule has 0 aliphatic carbocycles. The molecule has 2 aromatic heterocycles. The number of carbonyl (C=O) groups is 1. The van der Waals surface area contributed by atoms with Crippen molar-refractivity contribution in [1.82, 2.24) is 20.3 Å². The van der Waals surface area contributed by atoms with E-state index in [4.69, 9.17) is 0 Å². The summed E-state index contributed by atoms with van der Waals surface area (Å²) in [7, 11) is 0. The summed E-state index contributed by atoms with van der Waals surface area (Å²) >= 11 is 1.35. The fourth-order valence-electron chi connectivity index (χ4n) is 2.31. The molecule has 0 saturated carbocycles. The van der Waals surface area contributed by atoms with Crippen LogP contribution < -0.4 is 5.32 Å². The molecular formula is C16H22N4O2S. The van der Waals surface area contributed by atoms with Crippen molar-refractivity contribution in [2.75, 3.05) is 6.54 Å². The first-order valence-corrected chi connectivity index (χ1v) is 8.37. The number of thiazole rings is 1. The standard InChI is InChI=1S/C16H22N4O2S/c1-10(2)13(21)16(3,4)9-19-14(22)12-8-23-15(20-12)11-7-17-5-6-18-11/h5-8,10,13,21H,9H2,1-4H3,(H,19,22). The lowest BCUT2D eigenvalue weighted by atomic mass is 9.80. The lowest BCUT2D eigenvalue weighted by molar-refractivity contribution is 0.0138. The molecule has 124 valence electrons. The van der Waals surface area contributed by atoms with Crippen LogP contribution in [-0.2, 0) is 0 Å². The third kappa shape index (κ3) is 4.33. The molecule has 0 saturated heterocycles. The molecule has 0 fully saturated rings. The summed E-state index contributed by atoms with van der Waals surface area (Å²) in [6, 6.07) is 0. The minimum Gasteiger partial charge on any atom is -0.392 e. The topological polar surface area (TPSA) is 88.0 Å². The zero-order valence-electron chi connectivity index (χ0n) is 13.8. The van der Waals surface area contributed by atoms with E-state index in [0.717, 1.165) is 0 Å². The number of aliphatic hydroxyl groups is 1. The molecule has 7 heteroatoms. The van der Waals surface area contributed by atoms with Crippen molar-refractivity contribution in [3.63, 3.8) is 0 Å². The predicted molar refractivity (Wildman–Crippen MR) is 90.1 cm³/mol. The summed E-state index contributed by atoms with van der Waals surface area (Å²) in [5, 5.41) is 15.4. The van der Waals surface area contributed by atoms with Gasteiger partial charge in [0.1, 0.15) is 16.4 Å². The highest BCUT2D eigenvalue weighted by Crippen LogP contribution is 2.25. The third-order valence-corrected chi connectivity index (χ3v) is 4.52.